The Bertz CT molecular complexity index is 65.0. The summed E-state index contributed by atoms with van der Waals surface area (Å²) in [6.45, 7) is 8.86. The average Bonchev–Trinajstić information content (AvgIpc) is 1.93. The number of hydrogen-bond acceptors (Lipinski definition) is 1. The second kappa shape index (κ2) is 10.6. The van der Waals surface area contributed by atoms with E-state index in [1.165, 1.54) is 5.57 Å². The minimum absolute atomic E-state index is 0.702. The second-order valence-corrected chi connectivity index (χ2v) is 1.66. The first-order valence-electron chi connectivity index (χ1n) is 3.67. The lowest BCUT2D eigenvalue weighted by molar-refractivity contribution is 1.09. The first-order chi connectivity index (χ1) is 4.31. The lowest BCUT2D eigenvalue weighted by atomic mass is 10.2. The van der Waals surface area contributed by atoms with E-state index in [4.69, 9.17) is 5.73 Å². The van der Waals surface area contributed by atoms with Gasteiger partial charge in [-0.3, -0.25) is 0 Å². The van der Waals surface area contributed by atoms with E-state index in [1.807, 2.05) is 20.8 Å². The number of rotatable bonds is 2. The van der Waals surface area contributed by atoms with Gasteiger partial charge < -0.3 is 5.73 Å². The maximum atomic E-state index is 5.29. The summed E-state index contributed by atoms with van der Waals surface area (Å²) in [6, 6.07) is 0. The fraction of sp³-hybridized carbons (Fsp3) is 0.750. The zero-order valence-electron chi connectivity index (χ0n) is 7.07. The van der Waals surface area contributed by atoms with Crippen molar-refractivity contribution in [2.75, 3.05) is 6.54 Å². The summed E-state index contributed by atoms with van der Waals surface area (Å²) < 4.78 is 0. The molecule has 0 unspecified atom stereocenters. The number of nitrogens with two attached hydrogens (primary N) is 1. The Balaban J connectivity index is 0. The summed E-state index contributed by atoms with van der Waals surface area (Å²) in [7, 11) is 0. The van der Waals surface area contributed by atoms with Gasteiger partial charge in [-0.1, -0.05) is 32.4 Å². The second-order valence-electron chi connectivity index (χ2n) is 1.66. The molecule has 1 heteroatoms. The third kappa shape index (κ3) is 11.3. The molecule has 0 rings (SSSR count). The smallest absolute Gasteiger partial charge is 0.0134 e. The maximum Gasteiger partial charge on any atom is 0.0134 e. The van der Waals surface area contributed by atoms with Crippen molar-refractivity contribution >= 4 is 0 Å². The van der Waals surface area contributed by atoms with E-state index in [1.54, 1.807) is 0 Å². The van der Waals surface area contributed by atoms with Crippen LogP contribution in [0.1, 0.15) is 34.1 Å². The van der Waals surface area contributed by atoms with Crippen LogP contribution in [0.25, 0.3) is 0 Å². The molecule has 0 fully saturated rings. The van der Waals surface area contributed by atoms with Crippen LogP contribution in [0.3, 0.4) is 0 Å². The summed E-state index contributed by atoms with van der Waals surface area (Å²) in [5.74, 6) is 0. The van der Waals surface area contributed by atoms with Crippen molar-refractivity contribution in [3.63, 3.8) is 0 Å². The highest BCUT2D eigenvalue weighted by atomic mass is 14.5. The largest absolute Gasteiger partial charge is 0.327 e. The third-order valence-corrected chi connectivity index (χ3v) is 0.875. The van der Waals surface area contributed by atoms with Gasteiger partial charge in [-0.25, -0.2) is 0 Å². The van der Waals surface area contributed by atoms with E-state index in [2.05, 4.69) is 13.0 Å². The van der Waals surface area contributed by atoms with Gasteiger partial charge in [-0.15, -0.1) is 0 Å². The molecule has 0 aromatic carbocycles. The standard InChI is InChI=1S/C6H13N.C2H6/c1-3-4-6(2)5-7;1-2/h4H,3,5,7H2,1-2H3;1-2H3/b6-4+;. The Labute approximate surface area is 58.9 Å². The van der Waals surface area contributed by atoms with Crippen LogP contribution in [0.2, 0.25) is 0 Å². The fourth-order valence-electron chi connectivity index (χ4n) is 0.432. The molecule has 0 spiro atoms. The highest BCUT2D eigenvalue weighted by Crippen LogP contribution is 1.89. The monoisotopic (exact) mass is 129 g/mol. The van der Waals surface area contributed by atoms with Crippen LogP contribution in [-0.4, -0.2) is 6.54 Å². The van der Waals surface area contributed by atoms with Gasteiger partial charge in [-0.05, 0) is 13.3 Å². The van der Waals surface area contributed by atoms with Crippen LogP contribution in [0.15, 0.2) is 11.6 Å². The van der Waals surface area contributed by atoms with Crippen molar-refractivity contribution in [1.29, 1.82) is 0 Å². The Hall–Kier alpha value is -0.300. The first-order valence-corrected chi connectivity index (χ1v) is 3.67. The van der Waals surface area contributed by atoms with Gasteiger partial charge in [0, 0.05) is 6.54 Å². The summed E-state index contributed by atoms with van der Waals surface area (Å²) in [6.07, 6.45) is 3.24. The molecule has 0 atom stereocenters. The van der Waals surface area contributed by atoms with Gasteiger partial charge >= 0.3 is 0 Å². The normalized spacial score (nSPS) is 10.1. The van der Waals surface area contributed by atoms with Gasteiger partial charge in [0.05, 0.1) is 0 Å². The van der Waals surface area contributed by atoms with Crippen molar-refractivity contribution in [2.24, 2.45) is 5.73 Å². The number of hydrogen-bond donors (Lipinski definition) is 1. The highest BCUT2D eigenvalue weighted by Gasteiger charge is 1.76. The van der Waals surface area contributed by atoms with Crippen molar-refractivity contribution in [3.05, 3.63) is 11.6 Å². The minimum atomic E-state index is 0.702. The van der Waals surface area contributed by atoms with Crippen molar-refractivity contribution in [3.8, 4) is 0 Å². The van der Waals surface area contributed by atoms with E-state index in [0.29, 0.717) is 6.54 Å². The molecule has 0 amide bonds. The lowest BCUT2D eigenvalue weighted by Gasteiger charge is -1.88. The molecule has 0 aliphatic carbocycles. The van der Waals surface area contributed by atoms with Crippen LogP contribution in [0.4, 0.5) is 0 Å². The molecule has 0 radical (unpaired) electrons. The van der Waals surface area contributed by atoms with Crippen molar-refractivity contribution in [2.45, 2.75) is 34.1 Å². The van der Waals surface area contributed by atoms with Crippen molar-refractivity contribution in [1.82, 2.24) is 0 Å². The Kier molecular flexibility index (Phi) is 13.6. The van der Waals surface area contributed by atoms with Crippen LogP contribution >= 0.6 is 0 Å². The van der Waals surface area contributed by atoms with E-state index < -0.39 is 0 Å². The molecule has 0 saturated carbocycles. The van der Waals surface area contributed by atoms with E-state index >= 15 is 0 Å². The molecule has 0 heterocycles. The molecular weight excluding hydrogens is 110 g/mol. The predicted octanol–water partition coefficient (Wildman–Crippen LogP) is 2.33. The van der Waals surface area contributed by atoms with Gasteiger partial charge in [0.1, 0.15) is 0 Å². The molecule has 1 nitrogen and oxygen atoms in total. The molecule has 0 aliphatic rings. The highest BCUT2D eigenvalue weighted by molar-refractivity contribution is 4.97. The van der Waals surface area contributed by atoms with E-state index in [0.717, 1.165) is 6.42 Å². The zero-order valence-corrected chi connectivity index (χ0v) is 7.07. The quantitative estimate of drug-likeness (QED) is 0.569. The van der Waals surface area contributed by atoms with Crippen molar-refractivity contribution < 1.29 is 0 Å². The summed E-state index contributed by atoms with van der Waals surface area (Å²) in [5.41, 5.74) is 6.57. The van der Waals surface area contributed by atoms with Crippen LogP contribution < -0.4 is 5.73 Å². The molecule has 2 N–H and O–H groups in total. The van der Waals surface area contributed by atoms with Gasteiger partial charge in [0.15, 0.2) is 0 Å². The summed E-state index contributed by atoms with van der Waals surface area (Å²) >= 11 is 0. The molecule has 0 aromatic rings. The fourth-order valence-corrected chi connectivity index (χ4v) is 0.432. The average molecular weight is 129 g/mol. The molecule has 56 valence electrons. The maximum absolute atomic E-state index is 5.29. The summed E-state index contributed by atoms with van der Waals surface area (Å²) in [5, 5.41) is 0. The Morgan fingerprint density at radius 3 is 2.00 bits per heavy atom. The van der Waals surface area contributed by atoms with Crippen LogP contribution in [0.5, 0.6) is 0 Å². The molecule has 0 saturated heterocycles. The molecule has 0 aliphatic heterocycles. The Morgan fingerprint density at radius 1 is 1.44 bits per heavy atom. The van der Waals surface area contributed by atoms with E-state index in [-0.39, 0.29) is 0 Å². The molecule has 9 heavy (non-hydrogen) atoms. The van der Waals surface area contributed by atoms with Crippen LogP contribution in [-0.2, 0) is 0 Å². The SMILES string of the molecule is CC.CC/C=C(\C)CN. The first kappa shape index (κ1) is 11.5. The van der Waals surface area contributed by atoms with Crippen LogP contribution in [0, 0.1) is 0 Å². The zero-order chi connectivity index (χ0) is 7.70. The third-order valence-electron chi connectivity index (χ3n) is 0.875. The predicted molar refractivity (Wildman–Crippen MR) is 44.5 cm³/mol. The minimum Gasteiger partial charge on any atom is -0.327 e. The molecule has 0 aromatic heterocycles. The van der Waals surface area contributed by atoms with E-state index in [9.17, 15) is 0 Å². The summed E-state index contributed by atoms with van der Waals surface area (Å²) in [4.78, 5) is 0. The lowest BCUT2D eigenvalue weighted by Crippen LogP contribution is -1.98. The number of allylic oxidation sites excluding steroid dienone is 1. The van der Waals surface area contributed by atoms with Gasteiger partial charge in [-0.2, -0.15) is 0 Å². The van der Waals surface area contributed by atoms with Gasteiger partial charge in [0.25, 0.3) is 0 Å². The molecular formula is C8H19N. The Morgan fingerprint density at radius 2 is 1.89 bits per heavy atom. The topological polar surface area (TPSA) is 26.0 Å². The van der Waals surface area contributed by atoms with Gasteiger partial charge in [0.2, 0.25) is 0 Å². The molecule has 0 bridgehead atoms.